The Kier molecular flexibility index (Phi) is 6.40. The number of carbonyl (C=O) groups is 1. The van der Waals surface area contributed by atoms with Crippen LogP contribution in [0.25, 0.3) is 0 Å². The number of nitrogens with zero attached hydrogens (tertiary/aromatic N) is 4. The van der Waals surface area contributed by atoms with Gasteiger partial charge in [-0.15, -0.1) is 0 Å². The van der Waals surface area contributed by atoms with Crippen molar-refractivity contribution in [2.75, 3.05) is 66.5 Å². The second-order valence-corrected chi connectivity index (χ2v) is 8.25. The maximum absolute atomic E-state index is 12.7. The van der Waals surface area contributed by atoms with Crippen molar-refractivity contribution in [2.45, 2.75) is 38.6 Å². The Bertz CT molecular complexity index is 506. The molecule has 3 saturated heterocycles. The number of aliphatic imine (C=N–C) groups is 1. The van der Waals surface area contributed by atoms with Crippen molar-refractivity contribution in [1.29, 1.82) is 0 Å². The highest BCUT2D eigenvalue weighted by atomic mass is 16.2. The quantitative estimate of drug-likeness (QED) is 0.520. The molecule has 4 fully saturated rings. The van der Waals surface area contributed by atoms with Gasteiger partial charge in [-0.1, -0.05) is 12.8 Å². The molecule has 1 unspecified atom stereocenters. The van der Waals surface area contributed by atoms with Gasteiger partial charge in [-0.2, -0.15) is 0 Å². The van der Waals surface area contributed by atoms with Gasteiger partial charge in [0.1, 0.15) is 0 Å². The van der Waals surface area contributed by atoms with E-state index in [2.05, 4.69) is 27.4 Å². The van der Waals surface area contributed by atoms with Crippen LogP contribution >= 0.6 is 0 Å². The highest BCUT2D eigenvalue weighted by Gasteiger charge is 2.42. The molecule has 26 heavy (non-hydrogen) atoms. The number of rotatable bonds is 6. The predicted octanol–water partition coefficient (Wildman–Crippen LogP) is 0.190. The molecule has 0 radical (unpaired) electrons. The lowest BCUT2D eigenvalue weighted by Crippen LogP contribution is -2.63. The number of nitrogens with one attached hydrogen (secondary N) is 2. The third-order valence-electron chi connectivity index (χ3n) is 6.20. The average molecular weight is 365 g/mol. The molecule has 1 amide bonds. The zero-order chi connectivity index (χ0) is 18.6. The van der Waals surface area contributed by atoms with Gasteiger partial charge in [0.05, 0.1) is 12.0 Å². The summed E-state index contributed by atoms with van der Waals surface area (Å²) < 4.78 is 0. The van der Waals surface area contributed by atoms with Crippen molar-refractivity contribution >= 4 is 11.9 Å². The SMILES string of the molecule is CCNC(=NCC1(C(=O)N(C)C)CCCC1)NCC1CN2CCN1CC2. The predicted molar refractivity (Wildman–Crippen MR) is 105 cm³/mol. The van der Waals surface area contributed by atoms with E-state index in [1.807, 2.05) is 14.1 Å². The van der Waals surface area contributed by atoms with Crippen LogP contribution in [0.5, 0.6) is 0 Å². The third kappa shape index (κ3) is 4.31. The van der Waals surface area contributed by atoms with Gasteiger partial charge in [-0.3, -0.25) is 19.6 Å². The normalized spacial score (nSPS) is 30.3. The molecule has 7 heteroatoms. The molecule has 7 nitrogen and oxygen atoms in total. The molecule has 3 aliphatic heterocycles. The minimum atomic E-state index is -0.301. The Morgan fingerprint density at radius 1 is 1.15 bits per heavy atom. The standard InChI is InChI=1S/C19H36N6O/c1-4-20-18(21-13-16-14-24-9-11-25(16)12-10-24)22-15-19(7-5-6-8-19)17(26)23(2)3/h16H,4-15H2,1-3H3,(H2,20,21,22). The van der Waals surface area contributed by atoms with Gasteiger partial charge in [-0.25, -0.2) is 0 Å². The summed E-state index contributed by atoms with van der Waals surface area (Å²) in [5.74, 6) is 1.08. The van der Waals surface area contributed by atoms with Gasteiger partial charge in [0.2, 0.25) is 5.91 Å². The fourth-order valence-electron chi connectivity index (χ4n) is 4.67. The number of carbonyl (C=O) groups excluding carboxylic acids is 1. The first-order valence-electron chi connectivity index (χ1n) is 10.2. The van der Waals surface area contributed by atoms with Crippen molar-refractivity contribution in [3.05, 3.63) is 0 Å². The molecule has 0 spiro atoms. The van der Waals surface area contributed by atoms with Crippen LogP contribution in [0.2, 0.25) is 0 Å². The summed E-state index contributed by atoms with van der Waals surface area (Å²) in [5, 5.41) is 6.89. The van der Waals surface area contributed by atoms with E-state index in [1.165, 1.54) is 26.2 Å². The molecule has 0 aromatic carbocycles. The summed E-state index contributed by atoms with van der Waals surface area (Å²) in [4.78, 5) is 24.4. The molecule has 4 aliphatic rings. The molecule has 1 saturated carbocycles. The zero-order valence-corrected chi connectivity index (χ0v) is 16.8. The van der Waals surface area contributed by atoms with Crippen LogP contribution in [0.15, 0.2) is 4.99 Å². The van der Waals surface area contributed by atoms with Crippen molar-refractivity contribution in [3.8, 4) is 0 Å². The van der Waals surface area contributed by atoms with Gasteiger partial charge in [0.25, 0.3) is 0 Å². The van der Waals surface area contributed by atoms with Gasteiger partial charge in [0, 0.05) is 66.0 Å². The molecule has 1 aliphatic carbocycles. The van der Waals surface area contributed by atoms with Crippen LogP contribution in [0.1, 0.15) is 32.6 Å². The Balaban J connectivity index is 1.60. The Morgan fingerprint density at radius 2 is 1.85 bits per heavy atom. The highest BCUT2D eigenvalue weighted by molar-refractivity contribution is 5.84. The lowest BCUT2D eigenvalue weighted by molar-refractivity contribution is -0.138. The Labute approximate surface area is 158 Å². The van der Waals surface area contributed by atoms with Crippen molar-refractivity contribution in [1.82, 2.24) is 25.3 Å². The molecule has 4 rings (SSSR count). The summed E-state index contributed by atoms with van der Waals surface area (Å²) in [6.07, 6.45) is 4.18. The number of hydrogen-bond acceptors (Lipinski definition) is 4. The van der Waals surface area contributed by atoms with Crippen molar-refractivity contribution < 1.29 is 4.79 Å². The molecule has 2 N–H and O–H groups in total. The third-order valence-corrected chi connectivity index (χ3v) is 6.20. The average Bonchev–Trinajstić information content (AvgIpc) is 3.14. The number of amides is 1. The smallest absolute Gasteiger partial charge is 0.230 e. The van der Waals surface area contributed by atoms with E-state index in [0.717, 1.165) is 51.3 Å². The number of hydrogen-bond donors (Lipinski definition) is 2. The lowest BCUT2D eigenvalue weighted by Gasteiger charge is -2.47. The van der Waals surface area contributed by atoms with Gasteiger partial charge in [0.15, 0.2) is 5.96 Å². The molecule has 2 bridgehead atoms. The van der Waals surface area contributed by atoms with E-state index in [9.17, 15) is 4.79 Å². The van der Waals surface area contributed by atoms with Crippen molar-refractivity contribution in [3.63, 3.8) is 0 Å². The lowest BCUT2D eigenvalue weighted by atomic mass is 9.85. The summed E-state index contributed by atoms with van der Waals surface area (Å²) in [7, 11) is 3.72. The second kappa shape index (κ2) is 8.57. The first-order chi connectivity index (χ1) is 12.5. The summed E-state index contributed by atoms with van der Waals surface area (Å²) >= 11 is 0. The number of guanidine groups is 1. The van der Waals surface area contributed by atoms with E-state index >= 15 is 0 Å². The van der Waals surface area contributed by atoms with E-state index < -0.39 is 0 Å². The second-order valence-electron chi connectivity index (χ2n) is 8.25. The molecule has 0 aromatic rings. The topological polar surface area (TPSA) is 63.2 Å². The molecular formula is C19H36N6O. The molecule has 0 aromatic heterocycles. The molecular weight excluding hydrogens is 328 g/mol. The number of fused-ring (bicyclic) bond motifs is 3. The maximum Gasteiger partial charge on any atom is 0.230 e. The van der Waals surface area contributed by atoms with Crippen LogP contribution < -0.4 is 10.6 Å². The van der Waals surface area contributed by atoms with Gasteiger partial charge < -0.3 is 15.5 Å². The fraction of sp³-hybridized carbons (Fsp3) is 0.895. The van der Waals surface area contributed by atoms with Crippen molar-refractivity contribution in [2.24, 2.45) is 10.4 Å². The van der Waals surface area contributed by atoms with Crippen LogP contribution in [0.3, 0.4) is 0 Å². The number of piperazine rings is 3. The minimum absolute atomic E-state index is 0.234. The van der Waals surface area contributed by atoms with E-state index in [0.29, 0.717) is 12.6 Å². The summed E-state index contributed by atoms with van der Waals surface area (Å²) in [6, 6.07) is 0.560. The summed E-state index contributed by atoms with van der Waals surface area (Å²) in [5.41, 5.74) is -0.301. The van der Waals surface area contributed by atoms with Gasteiger partial charge >= 0.3 is 0 Å². The molecule has 148 valence electrons. The van der Waals surface area contributed by atoms with E-state index in [4.69, 9.17) is 4.99 Å². The van der Waals surface area contributed by atoms with Crippen LogP contribution in [-0.2, 0) is 4.79 Å². The highest BCUT2D eigenvalue weighted by Crippen LogP contribution is 2.39. The van der Waals surface area contributed by atoms with E-state index in [-0.39, 0.29) is 11.3 Å². The zero-order valence-electron chi connectivity index (χ0n) is 16.8. The van der Waals surface area contributed by atoms with E-state index in [1.54, 1.807) is 4.90 Å². The first-order valence-corrected chi connectivity index (χ1v) is 10.2. The van der Waals surface area contributed by atoms with Crippen LogP contribution in [0, 0.1) is 5.41 Å². The minimum Gasteiger partial charge on any atom is -0.357 e. The molecule has 3 heterocycles. The van der Waals surface area contributed by atoms with Crippen LogP contribution in [-0.4, -0.2) is 99.1 Å². The summed E-state index contributed by atoms with van der Waals surface area (Å²) in [6.45, 7) is 10.3. The largest absolute Gasteiger partial charge is 0.357 e. The molecule has 1 atom stereocenters. The van der Waals surface area contributed by atoms with Gasteiger partial charge in [-0.05, 0) is 19.8 Å². The Morgan fingerprint density at radius 3 is 2.38 bits per heavy atom. The first kappa shape index (κ1) is 19.4. The maximum atomic E-state index is 12.7. The monoisotopic (exact) mass is 364 g/mol. The Hall–Kier alpha value is -1.34. The van der Waals surface area contributed by atoms with Crippen LogP contribution in [0.4, 0.5) is 0 Å². The fourth-order valence-corrected chi connectivity index (χ4v) is 4.67.